The summed E-state index contributed by atoms with van der Waals surface area (Å²) in [6.07, 6.45) is 8.57. The van der Waals surface area contributed by atoms with E-state index in [1.165, 1.54) is 0 Å². The lowest BCUT2D eigenvalue weighted by Gasteiger charge is -2.35. The minimum Gasteiger partial charge on any atom is -0.497 e. The maximum Gasteiger partial charge on any atom is 0.264 e. The summed E-state index contributed by atoms with van der Waals surface area (Å²) in [4.78, 5) is 31.5. The number of aliphatic hydroxyl groups is 3. The number of aliphatic hydroxyl groups excluding tert-OH is 2. The van der Waals surface area contributed by atoms with Crippen LogP contribution in [0.5, 0.6) is 11.5 Å². The quantitative estimate of drug-likeness (QED) is 0.0861. The highest BCUT2D eigenvalue weighted by molar-refractivity contribution is 6.08. The fourth-order valence-corrected chi connectivity index (χ4v) is 7.19. The van der Waals surface area contributed by atoms with Gasteiger partial charge in [-0.1, -0.05) is 36.4 Å². The van der Waals surface area contributed by atoms with Crippen LogP contribution in [0, 0.1) is 5.92 Å². The summed E-state index contributed by atoms with van der Waals surface area (Å²) >= 11 is 0. The lowest BCUT2D eigenvalue weighted by atomic mass is 9.83. The van der Waals surface area contributed by atoms with Crippen molar-refractivity contribution in [3.63, 3.8) is 0 Å². The van der Waals surface area contributed by atoms with Gasteiger partial charge in [-0.05, 0) is 98.8 Å². The Kier molecular flexibility index (Phi) is 12.4. The van der Waals surface area contributed by atoms with Gasteiger partial charge in [-0.2, -0.15) is 0 Å². The van der Waals surface area contributed by atoms with Crippen LogP contribution >= 0.6 is 0 Å². The summed E-state index contributed by atoms with van der Waals surface area (Å²) in [6, 6.07) is 18.2. The summed E-state index contributed by atoms with van der Waals surface area (Å²) in [7, 11) is 1.55. The first-order valence-corrected chi connectivity index (χ1v) is 18.6. The molecule has 0 saturated heterocycles. The van der Waals surface area contributed by atoms with E-state index in [9.17, 15) is 19.8 Å². The third kappa shape index (κ3) is 8.04. The molecule has 4 N–H and O–H groups in total. The number of allylic oxidation sites excluding steroid dienone is 1. The average molecular weight is 739 g/mol. The van der Waals surface area contributed by atoms with Gasteiger partial charge in [0.1, 0.15) is 11.5 Å². The molecule has 0 saturated carbocycles. The minimum atomic E-state index is -1.83. The summed E-state index contributed by atoms with van der Waals surface area (Å²) in [5.41, 5.74) is 3.27. The number of fused-ring (bicyclic) bond motifs is 2. The molecule has 0 spiro atoms. The number of carbonyl (C=O) groups excluding carboxylic acids is 2. The van der Waals surface area contributed by atoms with Gasteiger partial charge in [-0.3, -0.25) is 19.2 Å². The highest BCUT2D eigenvalue weighted by Gasteiger charge is 2.52. The Labute approximate surface area is 315 Å². The van der Waals surface area contributed by atoms with E-state index in [0.717, 1.165) is 34.7 Å². The number of amides is 2. The first-order valence-electron chi connectivity index (χ1n) is 18.6. The van der Waals surface area contributed by atoms with Crippen LogP contribution in [0.25, 0.3) is 0 Å². The SMILES string of the molecule is CCOc1ccc2c(c1)CC(NCCCCO)C(=O)N2c1ccc(CN2C(=O)[C@@](O)([C@@H](C)/C=C/CCn3cc(CCO)nn3)c3cc(OC)ccc32)cc1. The number of methoxy groups -OCH3 is 1. The topological polar surface area (TPSA) is 163 Å². The van der Waals surface area contributed by atoms with Crippen LogP contribution in [0.15, 0.2) is 79.0 Å². The molecule has 3 atom stereocenters. The number of hydrogen-bond donors (Lipinski definition) is 4. The number of aromatic nitrogens is 3. The molecule has 0 bridgehead atoms. The number of carbonyl (C=O) groups is 2. The molecule has 0 aliphatic carbocycles. The molecule has 0 radical (unpaired) electrons. The Bertz CT molecular complexity index is 1950. The number of hydrogen-bond acceptors (Lipinski definition) is 10. The van der Waals surface area contributed by atoms with E-state index < -0.39 is 23.5 Å². The number of nitrogens with zero attached hydrogens (tertiary/aromatic N) is 5. The molecule has 2 amide bonds. The van der Waals surface area contributed by atoms with E-state index in [2.05, 4.69) is 15.6 Å². The Morgan fingerprint density at radius 2 is 1.80 bits per heavy atom. The molecule has 6 rings (SSSR count). The number of anilines is 3. The van der Waals surface area contributed by atoms with Crippen LogP contribution in [0.2, 0.25) is 0 Å². The van der Waals surface area contributed by atoms with Crippen molar-refractivity contribution < 1.29 is 34.4 Å². The van der Waals surface area contributed by atoms with E-state index >= 15 is 0 Å². The lowest BCUT2D eigenvalue weighted by molar-refractivity contribution is -0.139. The van der Waals surface area contributed by atoms with Gasteiger partial charge in [0.15, 0.2) is 5.60 Å². The predicted octanol–water partition coefficient (Wildman–Crippen LogP) is 4.19. The third-order valence-electron chi connectivity index (χ3n) is 10.1. The van der Waals surface area contributed by atoms with Gasteiger partial charge in [0.25, 0.3) is 5.91 Å². The fraction of sp³-hybridized carbons (Fsp3) is 0.415. The Morgan fingerprint density at radius 3 is 2.54 bits per heavy atom. The molecule has 286 valence electrons. The summed E-state index contributed by atoms with van der Waals surface area (Å²) in [5, 5.41) is 42.1. The molecule has 3 aromatic carbocycles. The second-order valence-corrected chi connectivity index (χ2v) is 13.7. The largest absolute Gasteiger partial charge is 0.497 e. The van der Waals surface area contributed by atoms with Crippen molar-refractivity contribution in [1.82, 2.24) is 20.3 Å². The Balaban J connectivity index is 1.21. The highest BCUT2D eigenvalue weighted by atomic mass is 16.5. The number of ether oxygens (including phenoxy) is 2. The zero-order valence-corrected chi connectivity index (χ0v) is 31.1. The first kappa shape index (κ1) is 38.6. The van der Waals surface area contributed by atoms with Gasteiger partial charge in [0.05, 0.1) is 43.4 Å². The molecule has 54 heavy (non-hydrogen) atoms. The van der Waals surface area contributed by atoms with Crippen LogP contribution in [-0.2, 0) is 41.1 Å². The zero-order chi connectivity index (χ0) is 38.2. The molecular weight excluding hydrogens is 688 g/mol. The van der Waals surface area contributed by atoms with Gasteiger partial charge in [0.2, 0.25) is 5.91 Å². The normalized spacial score (nSPS) is 18.7. The predicted molar refractivity (Wildman–Crippen MR) is 205 cm³/mol. The van der Waals surface area contributed by atoms with Gasteiger partial charge in [0, 0.05) is 49.5 Å². The average Bonchev–Trinajstić information content (AvgIpc) is 3.72. The minimum absolute atomic E-state index is 0.00834. The molecule has 1 aromatic heterocycles. The third-order valence-corrected chi connectivity index (χ3v) is 10.1. The molecule has 2 aliphatic heterocycles. The van der Waals surface area contributed by atoms with Gasteiger partial charge in [-0.15, -0.1) is 5.10 Å². The second kappa shape index (κ2) is 17.4. The van der Waals surface area contributed by atoms with Crippen molar-refractivity contribution in [2.45, 2.75) is 70.7 Å². The van der Waals surface area contributed by atoms with Crippen molar-refractivity contribution in [3.8, 4) is 11.5 Å². The van der Waals surface area contributed by atoms with Crippen LogP contribution in [-0.4, -0.2) is 81.6 Å². The van der Waals surface area contributed by atoms with Crippen LogP contribution in [0.3, 0.4) is 0 Å². The first-order chi connectivity index (χ1) is 26.2. The van der Waals surface area contributed by atoms with Crippen molar-refractivity contribution >= 4 is 28.9 Å². The number of benzene rings is 3. The van der Waals surface area contributed by atoms with Crippen molar-refractivity contribution in [1.29, 1.82) is 0 Å². The molecule has 3 heterocycles. The Morgan fingerprint density at radius 1 is 1.02 bits per heavy atom. The maximum absolute atomic E-state index is 14.3. The highest BCUT2D eigenvalue weighted by Crippen LogP contribution is 2.47. The standard InChI is InChI=1S/C41H50N6O7/c1-4-54-34-15-16-37-30(23-34)24-36(42-19-6-8-21-48)39(50)47(37)32-12-10-29(11-13-32)26-46-38-17-14-33(53-3)25-35(38)41(52,40(46)51)28(2)9-5-7-20-45-27-31(18-22-49)43-44-45/h5,9-17,23,25,27-28,36,42,48-49,52H,4,6-8,18-22,24,26H2,1-3H3/b9-5+/t28-,36?,41+/m0/s1. The van der Waals surface area contributed by atoms with Crippen LogP contribution in [0.1, 0.15) is 55.5 Å². The van der Waals surface area contributed by atoms with Gasteiger partial charge in [-0.25, -0.2) is 0 Å². The number of rotatable bonds is 18. The van der Waals surface area contributed by atoms with Crippen molar-refractivity contribution in [2.24, 2.45) is 5.92 Å². The molecule has 13 nitrogen and oxygen atoms in total. The maximum atomic E-state index is 14.3. The summed E-state index contributed by atoms with van der Waals surface area (Å²) in [5.74, 6) is 0.215. The smallest absolute Gasteiger partial charge is 0.264 e. The van der Waals surface area contributed by atoms with Crippen molar-refractivity contribution in [2.75, 3.05) is 43.3 Å². The van der Waals surface area contributed by atoms with Crippen LogP contribution in [0.4, 0.5) is 17.1 Å². The molecular formula is C41H50N6O7. The van der Waals surface area contributed by atoms with E-state index in [0.29, 0.717) is 68.1 Å². The summed E-state index contributed by atoms with van der Waals surface area (Å²) in [6.45, 7) is 5.79. The second-order valence-electron chi connectivity index (χ2n) is 13.7. The van der Waals surface area contributed by atoms with E-state index in [1.807, 2.05) is 68.5 Å². The van der Waals surface area contributed by atoms with Crippen LogP contribution < -0.4 is 24.6 Å². The van der Waals surface area contributed by atoms with Crippen molar-refractivity contribution in [3.05, 3.63) is 101 Å². The molecule has 0 fully saturated rings. The number of unbranched alkanes of at least 4 members (excludes halogenated alkanes) is 1. The monoisotopic (exact) mass is 738 g/mol. The van der Waals surface area contributed by atoms with Gasteiger partial charge < -0.3 is 35.0 Å². The molecule has 2 aliphatic rings. The Hall–Kier alpha value is -5.08. The van der Waals surface area contributed by atoms with E-state index in [-0.39, 0.29) is 25.7 Å². The molecule has 1 unspecified atom stereocenters. The van der Waals surface area contributed by atoms with E-state index in [1.54, 1.807) is 46.0 Å². The van der Waals surface area contributed by atoms with E-state index in [4.69, 9.17) is 14.6 Å². The molecule has 4 aromatic rings. The van der Waals surface area contributed by atoms with Gasteiger partial charge >= 0.3 is 0 Å². The zero-order valence-electron chi connectivity index (χ0n) is 31.1. The fourth-order valence-electron chi connectivity index (χ4n) is 7.19. The summed E-state index contributed by atoms with van der Waals surface area (Å²) < 4.78 is 13.0. The number of nitrogens with one attached hydrogen (secondary N) is 1. The number of aryl methyl sites for hydroxylation is 1. The molecule has 13 heteroatoms. The lowest BCUT2D eigenvalue weighted by Crippen LogP contribution is -2.49.